The van der Waals surface area contributed by atoms with Crippen LogP contribution < -0.4 is 0 Å². The van der Waals surface area contributed by atoms with Crippen LogP contribution in [0.1, 0.15) is 20.1 Å². The highest BCUT2D eigenvalue weighted by atomic mass is 79.9. The number of halogens is 1. The van der Waals surface area contributed by atoms with Gasteiger partial charge in [0.25, 0.3) is 0 Å². The molecular weight excluding hydrogens is 350 g/mol. The van der Waals surface area contributed by atoms with Crippen LogP contribution in [0.4, 0.5) is 0 Å². The van der Waals surface area contributed by atoms with Crippen LogP contribution in [0.3, 0.4) is 0 Å². The summed E-state index contributed by atoms with van der Waals surface area (Å²) in [4.78, 5) is 18.5. The molecule has 0 saturated heterocycles. The number of carboxylic acid groups (broad SMARTS) is 1. The van der Waals surface area contributed by atoms with Gasteiger partial charge >= 0.3 is 5.97 Å². The molecule has 2 aromatic heterocycles. The third kappa shape index (κ3) is 2.47. The first-order chi connectivity index (χ1) is 9.97. The molecule has 3 aromatic rings. The fourth-order valence-corrected chi connectivity index (χ4v) is 3.80. The lowest BCUT2D eigenvalue weighted by molar-refractivity contribution is 0.0699. The zero-order valence-corrected chi connectivity index (χ0v) is 13.9. The van der Waals surface area contributed by atoms with Gasteiger partial charge in [0, 0.05) is 25.2 Å². The molecule has 1 N–H and O–H groups in total. The van der Waals surface area contributed by atoms with E-state index in [1.54, 1.807) is 23.5 Å². The van der Waals surface area contributed by atoms with Gasteiger partial charge in [0.05, 0.1) is 16.8 Å². The Morgan fingerprint density at radius 2 is 2.05 bits per heavy atom. The smallest absolute Gasteiger partial charge is 0.336 e. The number of nitrogens with zero attached hydrogens (tertiary/aromatic N) is 1. The van der Waals surface area contributed by atoms with Gasteiger partial charge in [0.2, 0.25) is 0 Å². The number of fused-ring (bicyclic) bond motifs is 1. The molecular formula is C16H12BrNO2S. The Morgan fingerprint density at radius 1 is 1.29 bits per heavy atom. The minimum atomic E-state index is -0.939. The fraction of sp³-hybridized carbons (Fsp3) is 0.125. The minimum Gasteiger partial charge on any atom is -0.478 e. The van der Waals surface area contributed by atoms with E-state index in [9.17, 15) is 9.90 Å². The van der Waals surface area contributed by atoms with Gasteiger partial charge in [-0.3, -0.25) is 0 Å². The van der Waals surface area contributed by atoms with E-state index in [1.165, 1.54) is 4.88 Å². The summed E-state index contributed by atoms with van der Waals surface area (Å²) >= 11 is 5.15. The number of carboxylic acids is 1. The number of carbonyl (C=O) groups is 1. The predicted octanol–water partition coefficient (Wildman–Crippen LogP) is 5.04. The number of hydrogen-bond donors (Lipinski definition) is 1. The second kappa shape index (κ2) is 5.24. The molecule has 0 amide bonds. The summed E-state index contributed by atoms with van der Waals surface area (Å²) in [5.41, 5.74) is 2.65. The lowest BCUT2D eigenvalue weighted by Crippen LogP contribution is -2.00. The quantitative estimate of drug-likeness (QED) is 0.695. The number of thiophene rings is 1. The van der Waals surface area contributed by atoms with Crippen LogP contribution in [0, 0.1) is 13.8 Å². The van der Waals surface area contributed by atoms with Crippen molar-refractivity contribution >= 4 is 44.1 Å². The van der Waals surface area contributed by atoms with Gasteiger partial charge in [-0.1, -0.05) is 12.1 Å². The highest BCUT2D eigenvalue weighted by Gasteiger charge is 2.16. The maximum absolute atomic E-state index is 11.6. The molecule has 3 rings (SSSR count). The van der Waals surface area contributed by atoms with Gasteiger partial charge in [-0.25, -0.2) is 9.78 Å². The van der Waals surface area contributed by atoms with Crippen molar-refractivity contribution in [2.45, 2.75) is 13.8 Å². The molecule has 0 aliphatic rings. The SMILES string of the molecule is Cc1cc(-c2cc(C(=O)O)c3cccc(Br)c3n2)c(C)s1. The van der Waals surface area contributed by atoms with Crippen molar-refractivity contribution in [3.8, 4) is 11.3 Å². The lowest BCUT2D eigenvalue weighted by Gasteiger charge is -2.08. The van der Waals surface area contributed by atoms with Crippen LogP contribution in [0.2, 0.25) is 0 Å². The number of pyridine rings is 1. The van der Waals surface area contributed by atoms with Crippen LogP contribution in [0.5, 0.6) is 0 Å². The highest BCUT2D eigenvalue weighted by molar-refractivity contribution is 9.10. The Balaban J connectivity index is 2.37. The zero-order chi connectivity index (χ0) is 15.1. The van der Waals surface area contributed by atoms with Crippen molar-refractivity contribution < 1.29 is 9.90 Å². The number of aromatic nitrogens is 1. The molecule has 0 unspecified atom stereocenters. The van der Waals surface area contributed by atoms with Crippen LogP contribution in [-0.2, 0) is 0 Å². The summed E-state index contributed by atoms with van der Waals surface area (Å²) < 4.78 is 0.800. The molecule has 0 aliphatic heterocycles. The molecule has 0 radical (unpaired) electrons. The van der Waals surface area contributed by atoms with Gasteiger partial charge in [-0.05, 0) is 48.0 Å². The van der Waals surface area contributed by atoms with E-state index < -0.39 is 5.97 Å². The van der Waals surface area contributed by atoms with Crippen LogP contribution in [0.25, 0.3) is 22.2 Å². The van der Waals surface area contributed by atoms with Crippen molar-refractivity contribution in [1.82, 2.24) is 4.98 Å². The first-order valence-corrected chi connectivity index (χ1v) is 7.98. The predicted molar refractivity (Wildman–Crippen MR) is 89.2 cm³/mol. The van der Waals surface area contributed by atoms with Crippen molar-refractivity contribution in [1.29, 1.82) is 0 Å². The number of para-hydroxylation sites is 1. The largest absolute Gasteiger partial charge is 0.478 e. The molecule has 2 heterocycles. The highest BCUT2D eigenvalue weighted by Crippen LogP contribution is 2.33. The molecule has 0 atom stereocenters. The van der Waals surface area contributed by atoms with E-state index in [0.29, 0.717) is 16.6 Å². The van der Waals surface area contributed by atoms with Gasteiger partial charge in [-0.2, -0.15) is 0 Å². The maximum Gasteiger partial charge on any atom is 0.336 e. The molecule has 3 nitrogen and oxygen atoms in total. The van der Waals surface area contributed by atoms with E-state index in [4.69, 9.17) is 0 Å². The zero-order valence-electron chi connectivity index (χ0n) is 11.5. The van der Waals surface area contributed by atoms with E-state index in [1.807, 2.05) is 26.0 Å². The number of rotatable bonds is 2. The van der Waals surface area contributed by atoms with Crippen molar-refractivity contribution in [3.05, 3.63) is 50.1 Å². The summed E-state index contributed by atoms with van der Waals surface area (Å²) in [6, 6.07) is 9.19. The topological polar surface area (TPSA) is 50.2 Å². The number of aromatic carboxylic acids is 1. The van der Waals surface area contributed by atoms with Crippen molar-refractivity contribution in [2.24, 2.45) is 0 Å². The maximum atomic E-state index is 11.6. The third-order valence-electron chi connectivity index (χ3n) is 3.34. The summed E-state index contributed by atoms with van der Waals surface area (Å²) in [5, 5.41) is 10.1. The first-order valence-electron chi connectivity index (χ1n) is 6.37. The minimum absolute atomic E-state index is 0.277. The Hall–Kier alpha value is -1.72. The molecule has 0 aliphatic carbocycles. The Bertz CT molecular complexity index is 870. The monoisotopic (exact) mass is 361 g/mol. The molecule has 0 bridgehead atoms. The molecule has 0 spiro atoms. The Morgan fingerprint density at radius 3 is 2.67 bits per heavy atom. The average Bonchev–Trinajstić information content (AvgIpc) is 2.77. The molecule has 5 heteroatoms. The van der Waals surface area contributed by atoms with Crippen molar-refractivity contribution in [3.63, 3.8) is 0 Å². The molecule has 106 valence electrons. The van der Waals surface area contributed by atoms with Crippen molar-refractivity contribution in [2.75, 3.05) is 0 Å². The van der Waals surface area contributed by atoms with Gasteiger partial charge in [0.1, 0.15) is 0 Å². The summed E-state index contributed by atoms with van der Waals surface area (Å²) in [5.74, 6) is -0.939. The standard InChI is InChI=1S/C16H12BrNO2S/c1-8-6-11(9(2)21-8)14-7-12(16(19)20)10-4-3-5-13(17)15(10)18-14/h3-7H,1-2H3,(H,19,20). The molecule has 0 saturated carbocycles. The third-order valence-corrected chi connectivity index (χ3v) is 4.94. The van der Waals surface area contributed by atoms with E-state index in [2.05, 4.69) is 27.0 Å². The van der Waals surface area contributed by atoms with E-state index in [-0.39, 0.29) is 5.56 Å². The van der Waals surface area contributed by atoms with Gasteiger partial charge < -0.3 is 5.11 Å². The van der Waals surface area contributed by atoms with Crippen LogP contribution in [-0.4, -0.2) is 16.1 Å². The van der Waals surface area contributed by atoms with Gasteiger partial charge in [-0.15, -0.1) is 11.3 Å². The Kier molecular flexibility index (Phi) is 3.55. The summed E-state index contributed by atoms with van der Waals surface area (Å²) in [6.07, 6.45) is 0. The van der Waals surface area contributed by atoms with Crippen LogP contribution in [0.15, 0.2) is 34.8 Å². The lowest BCUT2D eigenvalue weighted by atomic mass is 10.0. The molecule has 1 aromatic carbocycles. The summed E-state index contributed by atoms with van der Waals surface area (Å²) in [6.45, 7) is 4.07. The van der Waals surface area contributed by atoms with Gasteiger partial charge in [0.15, 0.2) is 0 Å². The normalized spacial score (nSPS) is 11.0. The number of aryl methyl sites for hydroxylation is 2. The molecule has 0 fully saturated rings. The van der Waals surface area contributed by atoms with Crippen LogP contribution >= 0.6 is 27.3 Å². The average molecular weight is 362 g/mol. The van der Waals surface area contributed by atoms with E-state index >= 15 is 0 Å². The fourth-order valence-electron chi connectivity index (χ4n) is 2.41. The second-order valence-corrected chi connectivity index (χ2v) is 7.14. The summed E-state index contributed by atoms with van der Waals surface area (Å²) in [7, 11) is 0. The molecule has 21 heavy (non-hydrogen) atoms. The number of hydrogen-bond acceptors (Lipinski definition) is 3. The Labute approximate surface area is 134 Å². The second-order valence-electron chi connectivity index (χ2n) is 4.82. The number of benzene rings is 1. The van der Waals surface area contributed by atoms with E-state index in [0.717, 1.165) is 14.9 Å². The first kappa shape index (κ1) is 14.2.